The predicted octanol–water partition coefficient (Wildman–Crippen LogP) is 4.20. The zero-order chi connectivity index (χ0) is 22.3. The molecule has 8 heteroatoms. The number of ether oxygens (including phenoxy) is 1. The monoisotopic (exact) mass is 414 g/mol. The van der Waals surface area contributed by atoms with Gasteiger partial charge in [0.05, 0.1) is 35.2 Å². The van der Waals surface area contributed by atoms with Crippen molar-refractivity contribution in [3.63, 3.8) is 0 Å². The Kier molecular flexibility index (Phi) is 5.52. The summed E-state index contributed by atoms with van der Waals surface area (Å²) in [5.74, 6) is -4.95. The molecule has 0 spiro atoms. The van der Waals surface area contributed by atoms with Crippen LogP contribution in [-0.2, 0) is 9.53 Å². The van der Waals surface area contributed by atoms with E-state index in [1.54, 1.807) is 44.5 Å². The van der Waals surface area contributed by atoms with Gasteiger partial charge in [-0.1, -0.05) is 12.1 Å². The Morgan fingerprint density at radius 3 is 2.50 bits per heavy atom. The largest absolute Gasteiger partial charge is 0.377 e. The molecule has 1 amide bonds. The minimum absolute atomic E-state index is 0.346. The second kappa shape index (κ2) is 7.65. The summed E-state index contributed by atoms with van der Waals surface area (Å²) < 4.78 is 34.2. The number of benzene rings is 1. The number of aromatic nitrogens is 1. The van der Waals surface area contributed by atoms with Crippen molar-refractivity contribution >= 4 is 17.3 Å². The van der Waals surface area contributed by atoms with Crippen LogP contribution in [0.2, 0.25) is 0 Å². The van der Waals surface area contributed by atoms with E-state index in [4.69, 9.17) is 4.74 Å². The molecule has 2 aromatic rings. The highest BCUT2D eigenvalue weighted by molar-refractivity contribution is 5.89. The first kappa shape index (κ1) is 21.7. The molecule has 30 heavy (non-hydrogen) atoms. The average Bonchev–Trinajstić information content (AvgIpc) is 3.21. The fraction of sp³-hybridized carbons (Fsp3) is 0.409. The molecule has 0 aliphatic heterocycles. The van der Waals surface area contributed by atoms with E-state index in [-0.39, 0.29) is 6.10 Å². The van der Waals surface area contributed by atoms with Crippen molar-refractivity contribution in [3.05, 3.63) is 52.8 Å². The summed E-state index contributed by atoms with van der Waals surface area (Å²) in [4.78, 5) is 16.2. The van der Waals surface area contributed by atoms with Gasteiger partial charge >= 0.3 is 0 Å². The summed E-state index contributed by atoms with van der Waals surface area (Å²) in [5, 5.41) is 15.0. The van der Waals surface area contributed by atoms with Crippen LogP contribution >= 0.6 is 0 Å². The molecular weight excluding hydrogens is 390 g/mol. The van der Waals surface area contributed by atoms with Crippen LogP contribution in [0.15, 0.2) is 30.5 Å². The van der Waals surface area contributed by atoms with Gasteiger partial charge in [-0.3, -0.25) is 9.78 Å². The fourth-order valence-corrected chi connectivity index (χ4v) is 3.94. The molecule has 1 heterocycles. The van der Waals surface area contributed by atoms with Gasteiger partial charge in [0.1, 0.15) is 11.5 Å². The number of hydrogen-bond donors (Lipinski definition) is 2. The van der Waals surface area contributed by atoms with Crippen molar-refractivity contribution in [2.24, 2.45) is 5.41 Å². The Morgan fingerprint density at radius 2 is 1.97 bits per heavy atom. The van der Waals surface area contributed by atoms with E-state index in [0.29, 0.717) is 33.8 Å². The molecule has 3 atom stereocenters. The molecule has 2 N–H and O–H groups in total. The molecule has 1 aromatic carbocycles. The van der Waals surface area contributed by atoms with Gasteiger partial charge in [0.15, 0.2) is 0 Å². The third-order valence-electron chi connectivity index (χ3n) is 5.95. The summed E-state index contributed by atoms with van der Waals surface area (Å²) in [6.45, 7) is 4.86. The van der Waals surface area contributed by atoms with Gasteiger partial charge in [-0.05, 0) is 38.5 Å². The third-order valence-corrected chi connectivity index (χ3v) is 5.95. The van der Waals surface area contributed by atoms with Crippen molar-refractivity contribution in [2.75, 3.05) is 19.5 Å². The lowest BCUT2D eigenvalue weighted by molar-refractivity contribution is -0.128. The molecule has 0 saturated heterocycles. The topological polar surface area (TPSA) is 87.0 Å². The number of rotatable bonds is 6. The standard InChI is InChI=1S/C22H24F2N4O2/c1-12-16(10-25)18(13(2)30-5)17(11-27-12)28-15-8-6-14(7-9-15)19-21(3,20(29)26-4)22(19,23)24/h6-9,11,13,19,28H,1-5H3,(H,26,29). The maximum Gasteiger partial charge on any atom is 0.270 e. The first-order chi connectivity index (χ1) is 14.1. The SMILES string of the molecule is CNC(=O)C1(C)C(c2ccc(Nc3cnc(C)c(C#N)c3C(C)OC)cc2)C1(F)F. The van der Waals surface area contributed by atoms with Crippen molar-refractivity contribution < 1.29 is 18.3 Å². The highest BCUT2D eigenvalue weighted by Crippen LogP contribution is 2.71. The molecule has 1 fully saturated rings. The van der Waals surface area contributed by atoms with Crippen LogP contribution in [-0.4, -0.2) is 31.0 Å². The van der Waals surface area contributed by atoms with E-state index in [2.05, 4.69) is 21.7 Å². The maximum absolute atomic E-state index is 14.4. The van der Waals surface area contributed by atoms with E-state index >= 15 is 0 Å². The number of halogens is 2. The van der Waals surface area contributed by atoms with Crippen LogP contribution in [0.3, 0.4) is 0 Å². The third kappa shape index (κ3) is 3.19. The van der Waals surface area contributed by atoms with Gasteiger partial charge in [0.2, 0.25) is 5.91 Å². The first-order valence-electron chi connectivity index (χ1n) is 9.52. The Morgan fingerprint density at radius 1 is 1.33 bits per heavy atom. The molecule has 3 rings (SSSR count). The lowest BCUT2D eigenvalue weighted by Gasteiger charge is -2.19. The van der Waals surface area contributed by atoms with E-state index in [1.807, 2.05) is 6.92 Å². The summed E-state index contributed by atoms with van der Waals surface area (Å²) in [6, 6.07) is 8.67. The van der Waals surface area contributed by atoms with Gasteiger partial charge in [-0.2, -0.15) is 5.26 Å². The van der Waals surface area contributed by atoms with Crippen molar-refractivity contribution in [3.8, 4) is 6.07 Å². The van der Waals surface area contributed by atoms with Crippen molar-refractivity contribution in [1.29, 1.82) is 5.26 Å². The van der Waals surface area contributed by atoms with Crippen LogP contribution in [0.5, 0.6) is 0 Å². The first-order valence-corrected chi connectivity index (χ1v) is 9.52. The van der Waals surface area contributed by atoms with Crippen molar-refractivity contribution in [1.82, 2.24) is 10.3 Å². The fourth-order valence-electron chi connectivity index (χ4n) is 3.94. The number of hydrogen-bond acceptors (Lipinski definition) is 5. The molecule has 0 radical (unpaired) electrons. The van der Waals surface area contributed by atoms with Gasteiger partial charge in [0.25, 0.3) is 5.92 Å². The molecule has 1 aliphatic carbocycles. The van der Waals surface area contributed by atoms with E-state index in [1.165, 1.54) is 14.0 Å². The summed E-state index contributed by atoms with van der Waals surface area (Å²) in [7, 11) is 2.91. The molecular formula is C22H24F2N4O2. The van der Waals surface area contributed by atoms with Gasteiger partial charge < -0.3 is 15.4 Å². The molecule has 158 valence electrons. The number of nitrogens with zero attached hydrogens (tertiary/aromatic N) is 2. The number of carbonyl (C=O) groups excluding carboxylic acids is 1. The molecule has 1 aromatic heterocycles. The molecule has 1 saturated carbocycles. The van der Waals surface area contributed by atoms with E-state index < -0.39 is 23.2 Å². The molecule has 0 bridgehead atoms. The number of aryl methyl sites for hydroxylation is 1. The summed E-state index contributed by atoms with van der Waals surface area (Å²) >= 11 is 0. The van der Waals surface area contributed by atoms with Crippen molar-refractivity contribution in [2.45, 2.75) is 38.7 Å². The number of pyridine rings is 1. The number of carbonyl (C=O) groups is 1. The maximum atomic E-state index is 14.4. The van der Waals surface area contributed by atoms with Crippen LogP contribution in [0.25, 0.3) is 0 Å². The number of nitrogens with one attached hydrogen (secondary N) is 2. The highest BCUT2D eigenvalue weighted by Gasteiger charge is 2.82. The van der Waals surface area contributed by atoms with Gasteiger partial charge in [-0.15, -0.1) is 0 Å². The Bertz CT molecular complexity index is 1020. The van der Waals surface area contributed by atoms with Crippen LogP contribution in [0.1, 0.15) is 48.3 Å². The zero-order valence-corrected chi connectivity index (χ0v) is 17.5. The van der Waals surface area contributed by atoms with Gasteiger partial charge in [0, 0.05) is 25.4 Å². The van der Waals surface area contributed by atoms with E-state index in [9.17, 15) is 18.8 Å². The van der Waals surface area contributed by atoms with Crippen LogP contribution in [0, 0.1) is 23.7 Å². The highest BCUT2D eigenvalue weighted by atomic mass is 19.3. The normalized spacial score (nSPS) is 22.7. The number of alkyl halides is 2. The second-order valence-corrected chi connectivity index (χ2v) is 7.62. The zero-order valence-electron chi connectivity index (χ0n) is 17.5. The number of methoxy groups -OCH3 is 1. The molecule has 3 unspecified atom stereocenters. The lowest BCUT2D eigenvalue weighted by atomic mass is 9.99. The second-order valence-electron chi connectivity index (χ2n) is 7.62. The smallest absolute Gasteiger partial charge is 0.270 e. The van der Waals surface area contributed by atoms with Gasteiger partial charge in [-0.25, -0.2) is 8.78 Å². The van der Waals surface area contributed by atoms with Crippen LogP contribution < -0.4 is 10.6 Å². The lowest BCUT2D eigenvalue weighted by Crippen LogP contribution is -2.31. The quantitative estimate of drug-likeness (QED) is 0.740. The van der Waals surface area contributed by atoms with Crippen LogP contribution in [0.4, 0.5) is 20.2 Å². The molecule has 6 nitrogen and oxygen atoms in total. The molecule has 1 aliphatic rings. The Hall–Kier alpha value is -3.05. The minimum atomic E-state index is -3.11. The summed E-state index contributed by atoms with van der Waals surface area (Å²) in [5.41, 5.74) is 1.60. The summed E-state index contributed by atoms with van der Waals surface area (Å²) in [6.07, 6.45) is 1.27. The number of nitriles is 1. The Balaban J connectivity index is 1.90. The Labute approximate surface area is 174 Å². The average molecular weight is 414 g/mol. The minimum Gasteiger partial charge on any atom is -0.377 e. The number of anilines is 2. The number of amides is 1. The predicted molar refractivity (Wildman–Crippen MR) is 109 cm³/mol. The van der Waals surface area contributed by atoms with E-state index in [0.717, 1.165) is 0 Å².